The number of hydrogen-bond donors (Lipinski definition) is 5. The Balaban J connectivity index is 1.52. The van der Waals surface area contributed by atoms with Crippen molar-refractivity contribution in [2.75, 3.05) is 18.8 Å². The van der Waals surface area contributed by atoms with Crippen LogP contribution in [0, 0.1) is 5.92 Å². The molecule has 0 aromatic carbocycles. The Morgan fingerprint density at radius 1 is 1.48 bits per heavy atom. The van der Waals surface area contributed by atoms with Crippen molar-refractivity contribution in [2.45, 2.75) is 25.1 Å². The van der Waals surface area contributed by atoms with Crippen LogP contribution in [0.4, 0.5) is 0 Å². The molecular weight excluding hydrogens is 370 g/mol. The highest BCUT2D eigenvalue weighted by molar-refractivity contribution is 8.02. The third-order valence-corrected chi connectivity index (χ3v) is 5.46. The first-order chi connectivity index (χ1) is 13.0. The maximum atomic E-state index is 11.8. The van der Waals surface area contributed by atoms with Gasteiger partial charge in [-0.2, -0.15) is 0 Å². The summed E-state index contributed by atoms with van der Waals surface area (Å²) in [6, 6.07) is -0.838. The van der Waals surface area contributed by atoms with Gasteiger partial charge in [-0.1, -0.05) is 6.08 Å². The summed E-state index contributed by atoms with van der Waals surface area (Å²) in [5.74, 6) is -0.367. The van der Waals surface area contributed by atoms with E-state index in [0.29, 0.717) is 42.8 Å². The van der Waals surface area contributed by atoms with E-state index in [4.69, 9.17) is 10.8 Å². The first-order valence-corrected chi connectivity index (χ1v) is 9.71. The fourth-order valence-electron chi connectivity index (χ4n) is 3.12. The monoisotopic (exact) mass is 393 g/mol. The first-order valence-electron chi connectivity index (χ1n) is 8.66. The van der Waals surface area contributed by atoms with Gasteiger partial charge in [0.05, 0.1) is 17.9 Å². The number of aliphatic carboxylic acids is 1. The summed E-state index contributed by atoms with van der Waals surface area (Å²) in [6.45, 7) is 1.83. The average molecular weight is 393 g/mol. The van der Waals surface area contributed by atoms with E-state index in [1.807, 2.05) is 11.5 Å². The minimum atomic E-state index is -0.991. The highest BCUT2D eigenvalue weighted by atomic mass is 32.2. The predicted molar refractivity (Wildman–Crippen MR) is 103 cm³/mol. The Kier molecular flexibility index (Phi) is 6.32. The molecule has 1 aliphatic rings. The molecule has 0 bridgehead atoms. The molecule has 2 aromatic rings. The van der Waals surface area contributed by atoms with E-state index in [2.05, 4.69) is 19.9 Å². The van der Waals surface area contributed by atoms with Gasteiger partial charge in [0.15, 0.2) is 0 Å². The topological polar surface area (TPSA) is 148 Å². The summed E-state index contributed by atoms with van der Waals surface area (Å²) in [5.41, 5.74) is 7.29. The Labute approximate surface area is 159 Å². The van der Waals surface area contributed by atoms with Crippen LogP contribution in [0.5, 0.6) is 0 Å². The van der Waals surface area contributed by atoms with Crippen molar-refractivity contribution in [3.05, 3.63) is 39.9 Å². The Morgan fingerprint density at radius 3 is 3.07 bits per heavy atom. The molecule has 0 aliphatic carbocycles. The van der Waals surface area contributed by atoms with E-state index in [1.165, 1.54) is 18.1 Å². The molecule has 1 fully saturated rings. The third kappa shape index (κ3) is 4.78. The molecule has 6 N–H and O–H groups in total. The summed E-state index contributed by atoms with van der Waals surface area (Å²) in [7, 11) is 0. The number of nitrogens with zero attached hydrogens (tertiary/aromatic N) is 2. The molecule has 0 amide bonds. The number of β-amino-alcohol motifs (C(OH)–C–C–N with tert-alkyl or cyclic N) is 1. The number of carboxylic acids is 1. The zero-order chi connectivity index (χ0) is 19.4. The van der Waals surface area contributed by atoms with Crippen LogP contribution >= 0.6 is 11.8 Å². The van der Waals surface area contributed by atoms with Crippen LogP contribution in [0.1, 0.15) is 12.0 Å². The highest BCUT2D eigenvalue weighted by Crippen LogP contribution is 2.23. The SMILES string of the molecule is N[C@@H](CCS/C=C/[C@@H]1CN(Cc2c[nH]c3c(=O)[nH]cnc23)C[C@H]1O)C(=O)O. The lowest BCUT2D eigenvalue weighted by Gasteiger charge is -2.13. The third-order valence-electron chi connectivity index (χ3n) is 4.64. The van der Waals surface area contributed by atoms with E-state index >= 15 is 0 Å². The molecule has 146 valence electrons. The van der Waals surface area contributed by atoms with Crippen molar-refractivity contribution in [1.82, 2.24) is 19.9 Å². The van der Waals surface area contributed by atoms with Gasteiger partial charge in [-0.25, -0.2) is 4.98 Å². The standard InChI is InChI=1S/C17H23N5O4S/c18-12(17(25)26)2-4-27-3-1-10-6-22(8-13(10)23)7-11-5-19-15-14(11)20-9-21-16(15)24/h1,3,5,9-10,12-13,19,23H,2,4,6-8,18H2,(H,25,26)(H,20,21,24)/b3-1+/t10-,12+,13-/m1/s1. The van der Waals surface area contributed by atoms with E-state index in [0.717, 1.165) is 5.56 Å². The molecule has 3 rings (SSSR count). The number of thioether (sulfide) groups is 1. The number of carboxylic acid groups (broad SMARTS) is 1. The van der Waals surface area contributed by atoms with Crippen molar-refractivity contribution in [2.24, 2.45) is 11.7 Å². The van der Waals surface area contributed by atoms with Crippen LogP contribution in [0.3, 0.4) is 0 Å². The maximum Gasteiger partial charge on any atom is 0.320 e. The van der Waals surface area contributed by atoms with Gasteiger partial charge in [-0.15, -0.1) is 11.8 Å². The van der Waals surface area contributed by atoms with E-state index in [1.54, 1.807) is 6.20 Å². The second-order valence-electron chi connectivity index (χ2n) is 6.63. The molecule has 3 heterocycles. The molecule has 2 aromatic heterocycles. The molecule has 10 heteroatoms. The molecule has 0 saturated carbocycles. The van der Waals surface area contributed by atoms with Gasteiger partial charge in [-0.05, 0) is 17.6 Å². The molecule has 1 aliphatic heterocycles. The smallest absolute Gasteiger partial charge is 0.320 e. The second-order valence-corrected chi connectivity index (χ2v) is 7.64. The number of H-pyrrole nitrogens is 2. The molecule has 27 heavy (non-hydrogen) atoms. The highest BCUT2D eigenvalue weighted by Gasteiger charge is 2.29. The number of nitrogens with two attached hydrogens (primary N) is 1. The minimum Gasteiger partial charge on any atom is -0.480 e. The number of rotatable bonds is 8. The number of nitrogens with one attached hydrogen (secondary N) is 2. The van der Waals surface area contributed by atoms with Gasteiger partial charge in [0.25, 0.3) is 5.56 Å². The fourth-order valence-corrected chi connectivity index (χ4v) is 3.96. The van der Waals surface area contributed by atoms with Crippen molar-refractivity contribution < 1.29 is 15.0 Å². The van der Waals surface area contributed by atoms with Crippen LogP contribution in [0.2, 0.25) is 0 Å². The van der Waals surface area contributed by atoms with Gasteiger partial charge in [0.2, 0.25) is 0 Å². The van der Waals surface area contributed by atoms with Crippen molar-refractivity contribution >= 4 is 28.8 Å². The molecular formula is C17H23N5O4S. The van der Waals surface area contributed by atoms with E-state index in [-0.39, 0.29) is 11.5 Å². The normalized spacial score (nSPS) is 22.0. The minimum absolute atomic E-state index is 0.00668. The number of aromatic nitrogens is 3. The van der Waals surface area contributed by atoms with Crippen LogP contribution in [-0.4, -0.2) is 67.0 Å². The Hall–Kier alpha value is -2.14. The molecule has 0 radical (unpaired) electrons. The second kappa shape index (κ2) is 8.70. The lowest BCUT2D eigenvalue weighted by atomic mass is 10.1. The zero-order valence-corrected chi connectivity index (χ0v) is 15.5. The lowest BCUT2D eigenvalue weighted by Crippen LogP contribution is -2.30. The van der Waals surface area contributed by atoms with Crippen molar-refractivity contribution in [3.63, 3.8) is 0 Å². The van der Waals surface area contributed by atoms with Gasteiger partial charge in [0, 0.05) is 37.3 Å². The fraction of sp³-hybridized carbons (Fsp3) is 0.471. The number of fused-ring (bicyclic) bond motifs is 1. The maximum absolute atomic E-state index is 11.8. The summed E-state index contributed by atoms with van der Waals surface area (Å²) in [4.78, 5) is 34.3. The number of hydrogen-bond acceptors (Lipinski definition) is 7. The predicted octanol–water partition coefficient (Wildman–Crippen LogP) is 0.0928. The summed E-state index contributed by atoms with van der Waals surface area (Å²) in [6.07, 6.45) is 5.06. The number of aromatic amines is 2. The van der Waals surface area contributed by atoms with Gasteiger partial charge in [-0.3, -0.25) is 14.5 Å². The lowest BCUT2D eigenvalue weighted by molar-refractivity contribution is -0.138. The Morgan fingerprint density at radius 2 is 2.30 bits per heavy atom. The number of likely N-dealkylation sites (tertiary alicyclic amines) is 1. The number of carbonyl (C=O) groups is 1. The van der Waals surface area contributed by atoms with Gasteiger partial charge >= 0.3 is 5.97 Å². The zero-order valence-electron chi connectivity index (χ0n) is 14.7. The van der Waals surface area contributed by atoms with Crippen LogP contribution in [0.15, 0.2) is 28.8 Å². The summed E-state index contributed by atoms with van der Waals surface area (Å²) in [5, 5.41) is 20.9. The molecule has 0 unspecified atom stereocenters. The van der Waals surface area contributed by atoms with Crippen LogP contribution < -0.4 is 11.3 Å². The largest absolute Gasteiger partial charge is 0.480 e. The quantitative estimate of drug-likeness (QED) is 0.396. The van der Waals surface area contributed by atoms with Crippen molar-refractivity contribution in [3.8, 4) is 0 Å². The molecule has 9 nitrogen and oxygen atoms in total. The molecule has 0 spiro atoms. The van der Waals surface area contributed by atoms with Crippen LogP contribution in [-0.2, 0) is 11.3 Å². The van der Waals surface area contributed by atoms with E-state index in [9.17, 15) is 14.7 Å². The number of aliphatic hydroxyl groups is 1. The van der Waals surface area contributed by atoms with E-state index < -0.39 is 18.1 Å². The summed E-state index contributed by atoms with van der Waals surface area (Å²) < 4.78 is 0. The molecule has 3 atom stereocenters. The average Bonchev–Trinajstić information content (AvgIpc) is 3.19. The van der Waals surface area contributed by atoms with Crippen LogP contribution in [0.25, 0.3) is 11.0 Å². The molecule has 1 saturated heterocycles. The van der Waals surface area contributed by atoms with Gasteiger partial charge < -0.3 is 25.9 Å². The number of aliphatic hydroxyl groups excluding tert-OH is 1. The van der Waals surface area contributed by atoms with Crippen molar-refractivity contribution in [1.29, 1.82) is 0 Å². The Bertz CT molecular complexity index is 880. The first kappa shape index (κ1) is 19.6. The summed E-state index contributed by atoms with van der Waals surface area (Å²) >= 11 is 1.49. The van der Waals surface area contributed by atoms with Gasteiger partial charge in [0.1, 0.15) is 11.6 Å².